The maximum atomic E-state index is 11.9. The van der Waals surface area contributed by atoms with Crippen LogP contribution >= 0.6 is 11.6 Å². The molecule has 2 aromatic carbocycles. The molecule has 0 aromatic heterocycles. The van der Waals surface area contributed by atoms with Crippen LogP contribution in [0.1, 0.15) is 15.9 Å². The van der Waals surface area contributed by atoms with Crippen LogP contribution in [0.15, 0.2) is 48.5 Å². The Labute approximate surface area is 116 Å². The molecule has 0 fully saturated rings. The van der Waals surface area contributed by atoms with Gasteiger partial charge in [0.15, 0.2) is 5.78 Å². The quantitative estimate of drug-likeness (QED) is 0.824. The van der Waals surface area contributed by atoms with E-state index in [1.807, 2.05) is 24.3 Å². The van der Waals surface area contributed by atoms with Gasteiger partial charge < -0.3 is 10.4 Å². The predicted molar refractivity (Wildman–Crippen MR) is 76.6 cm³/mol. The number of aliphatic hydroxyl groups is 1. The number of rotatable bonds is 5. The van der Waals surface area contributed by atoms with Crippen LogP contribution in [-0.4, -0.2) is 17.4 Å². The lowest BCUT2D eigenvalue weighted by Gasteiger charge is -2.07. The number of aliphatic hydroxyl groups excluding tert-OH is 1. The molecule has 0 atom stereocenters. The zero-order valence-electron chi connectivity index (χ0n) is 10.3. The fourth-order valence-corrected chi connectivity index (χ4v) is 1.83. The van der Waals surface area contributed by atoms with Gasteiger partial charge in [0.1, 0.15) is 0 Å². The molecule has 19 heavy (non-hydrogen) atoms. The van der Waals surface area contributed by atoms with E-state index >= 15 is 0 Å². The summed E-state index contributed by atoms with van der Waals surface area (Å²) in [5.74, 6) is -0.00827. The summed E-state index contributed by atoms with van der Waals surface area (Å²) in [4.78, 5) is 11.9. The molecular weight excluding hydrogens is 262 g/mol. The molecule has 3 nitrogen and oxygen atoms in total. The summed E-state index contributed by atoms with van der Waals surface area (Å²) in [5, 5.41) is 12.7. The van der Waals surface area contributed by atoms with Gasteiger partial charge in [-0.05, 0) is 42.0 Å². The molecule has 0 unspecified atom stereocenters. The minimum Gasteiger partial charge on any atom is -0.392 e. The summed E-state index contributed by atoms with van der Waals surface area (Å²) in [5.41, 5.74) is 2.24. The highest BCUT2D eigenvalue weighted by Crippen LogP contribution is 2.12. The Bertz CT molecular complexity index is 567. The third-order valence-corrected chi connectivity index (χ3v) is 2.98. The molecule has 98 valence electrons. The number of carbonyl (C=O) groups is 1. The molecule has 0 bridgehead atoms. The molecule has 4 heteroatoms. The second-order valence-electron chi connectivity index (χ2n) is 4.14. The first kappa shape index (κ1) is 13.6. The molecule has 0 saturated carbocycles. The summed E-state index contributed by atoms with van der Waals surface area (Å²) in [6.07, 6.45) is 0. The molecule has 0 aliphatic carbocycles. The topological polar surface area (TPSA) is 49.3 Å². The Hall–Kier alpha value is -1.84. The number of Topliss-reactive ketones (excluding diaryl/α,β-unsaturated/α-hetero) is 1. The molecule has 0 saturated heterocycles. The van der Waals surface area contributed by atoms with Crippen molar-refractivity contribution >= 4 is 23.1 Å². The van der Waals surface area contributed by atoms with Crippen LogP contribution in [0, 0.1) is 0 Å². The van der Waals surface area contributed by atoms with E-state index in [2.05, 4.69) is 5.32 Å². The van der Waals surface area contributed by atoms with Gasteiger partial charge in [0, 0.05) is 16.3 Å². The lowest BCUT2D eigenvalue weighted by Crippen LogP contribution is -2.13. The Morgan fingerprint density at radius 1 is 1.16 bits per heavy atom. The number of carbonyl (C=O) groups excluding carboxylic acids is 1. The first-order chi connectivity index (χ1) is 9.19. The van der Waals surface area contributed by atoms with E-state index in [0.717, 1.165) is 11.3 Å². The maximum Gasteiger partial charge on any atom is 0.181 e. The predicted octanol–water partition coefficient (Wildman–Crippen LogP) is 3.13. The van der Waals surface area contributed by atoms with Crippen LogP contribution in [-0.2, 0) is 6.61 Å². The number of hydrogen-bond acceptors (Lipinski definition) is 3. The normalized spacial score (nSPS) is 10.2. The summed E-state index contributed by atoms with van der Waals surface area (Å²) in [7, 11) is 0. The third kappa shape index (κ3) is 3.81. The summed E-state index contributed by atoms with van der Waals surface area (Å²) >= 11 is 5.77. The minimum atomic E-state index is -0.0132. The van der Waals surface area contributed by atoms with Crippen LogP contribution in [0.2, 0.25) is 5.02 Å². The average molecular weight is 276 g/mol. The SMILES string of the molecule is O=C(CNc1cccc(CO)c1)c1ccc(Cl)cc1. The molecule has 0 amide bonds. The van der Waals surface area contributed by atoms with Gasteiger partial charge in [-0.1, -0.05) is 23.7 Å². The lowest BCUT2D eigenvalue weighted by molar-refractivity contribution is 0.101. The van der Waals surface area contributed by atoms with Crippen LogP contribution in [0.5, 0.6) is 0 Å². The summed E-state index contributed by atoms with van der Waals surface area (Å²) in [6.45, 7) is 0.192. The Balaban J connectivity index is 1.98. The van der Waals surface area contributed by atoms with Gasteiger partial charge in [-0.25, -0.2) is 0 Å². The molecule has 2 rings (SSSR count). The van der Waals surface area contributed by atoms with Crippen molar-refractivity contribution in [2.75, 3.05) is 11.9 Å². The third-order valence-electron chi connectivity index (χ3n) is 2.73. The van der Waals surface area contributed by atoms with Crippen molar-refractivity contribution in [1.29, 1.82) is 0 Å². The van der Waals surface area contributed by atoms with E-state index in [1.54, 1.807) is 24.3 Å². The summed E-state index contributed by atoms with van der Waals surface area (Å²) in [6, 6.07) is 14.1. The van der Waals surface area contributed by atoms with Crippen molar-refractivity contribution in [1.82, 2.24) is 0 Å². The molecule has 0 aliphatic rings. The highest BCUT2D eigenvalue weighted by molar-refractivity contribution is 6.30. The van der Waals surface area contributed by atoms with Crippen molar-refractivity contribution in [2.45, 2.75) is 6.61 Å². The Morgan fingerprint density at radius 2 is 1.89 bits per heavy atom. The largest absolute Gasteiger partial charge is 0.392 e. The standard InChI is InChI=1S/C15H14ClNO2/c16-13-6-4-12(5-7-13)15(19)9-17-14-3-1-2-11(8-14)10-18/h1-8,17-18H,9-10H2. The van der Waals surface area contributed by atoms with Crippen molar-refractivity contribution in [2.24, 2.45) is 0 Å². The first-order valence-electron chi connectivity index (χ1n) is 5.91. The Kier molecular flexibility index (Phi) is 4.55. The molecule has 0 radical (unpaired) electrons. The number of halogens is 1. The van der Waals surface area contributed by atoms with Crippen molar-refractivity contribution < 1.29 is 9.90 Å². The fourth-order valence-electron chi connectivity index (χ4n) is 1.70. The zero-order chi connectivity index (χ0) is 13.7. The van der Waals surface area contributed by atoms with E-state index in [9.17, 15) is 4.79 Å². The van der Waals surface area contributed by atoms with E-state index < -0.39 is 0 Å². The van der Waals surface area contributed by atoms with Crippen LogP contribution < -0.4 is 5.32 Å². The second-order valence-corrected chi connectivity index (χ2v) is 4.58. The average Bonchev–Trinajstić information content (AvgIpc) is 2.46. The molecule has 2 N–H and O–H groups in total. The maximum absolute atomic E-state index is 11.9. The van der Waals surface area contributed by atoms with Gasteiger partial charge >= 0.3 is 0 Å². The minimum absolute atomic E-state index is 0.00827. The second kappa shape index (κ2) is 6.36. The number of nitrogens with one attached hydrogen (secondary N) is 1. The van der Waals surface area contributed by atoms with E-state index in [0.29, 0.717) is 10.6 Å². The molecule has 2 aromatic rings. The lowest BCUT2D eigenvalue weighted by atomic mass is 10.1. The summed E-state index contributed by atoms with van der Waals surface area (Å²) < 4.78 is 0. The van der Waals surface area contributed by atoms with E-state index in [-0.39, 0.29) is 18.9 Å². The monoisotopic (exact) mass is 275 g/mol. The van der Waals surface area contributed by atoms with Crippen molar-refractivity contribution in [3.05, 3.63) is 64.7 Å². The van der Waals surface area contributed by atoms with Gasteiger partial charge in [0.05, 0.1) is 13.2 Å². The fraction of sp³-hybridized carbons (Fsp3) is 0.133. The highest BCUT2D eigenvalue weighted by atomic mass is 35.5. The van der Waals surface area contributed by atoms with Gasteiger partial charge in [0.25, 0.3) is 0 Å². The Morgan fingerprint density at radius 3 is 2.58 bits per heavy atom. The number of hydrogen-bond donors (Lipinski definition) is 2. The van der Waals surface area contributed by atoms with E-state index in [4.69, 9.17) is 16.7 Å². The number of benzene rings is 2. The highest BCUT2D eigenvalue weighted by Gasteiger charge is 2.05. The first-order valence-corrected chi connectivity index (χ1v) is 6.29. The molecule has 0 heterocycles. The molecule has 0 aliphatic heterocycles. The van der Waals surface area contributed by atoms with Crippen LogP contribution in [0.4, 0.5) is 5.69 Å². The van der Waals surface area contributed by atoms with Crippen molar-refractivity contribution in [3.8, 4) is 0 Å². The number of ketones is 1. The zero-order valence-corrected chi connectivity index (χ0v) is 11.0. The smallest absolute Gasteiger partial charge is 0.181 e. The van der Waals surface area contributed by atoms with Crippen LogP contribution in [0.25, 0.3) is 0 Å². The van der Waals surface area contributed by atoms with Gasteiger partial charge in [-0.2, -0.15) is 0 Å². The molecular formula is C15H14ClNO2. The number of anilines is 1. The van der Waals surface area contributed by atoms with Gasteiger partial charge in [-0.3, -0.25) is 4.79 Å². The van der Waals surface area contributed by atoms with Crippen LogP contribution in [0.3, 0.4) is 0 Å². The van der Waals surface area contributed by atoms with Gasteiger partial charge in [0.2, 0.25) is 0 Å². The van der Waals surface area contributed by atoms with E-state index in [1.165, 1.54) is 0 Å². The molecule has 0 spiro atoms. The van der Waals surface area contributed by atoms with Gasteiger partial charge in [-0.15, -0.1) is 0 Å². The van der Waals surface area contributed by atoms with Crippen molar-refractivity contribution in [3.63, 3.8) is 0 Å².